The minimum Gasteiger partial charge on any atom is -0.460 e. The molecule has 4 rings (SSSR count). The van der Waals surface area contributed by atoms with Crippen molar-refractivity contribution in [2.24, 2.45) is 5.92 Å². The topological polar surface area (TPSA) is 29.5 Å². The molecule has 2 bridgehead atoms. The Hall–Kier alpha value is -2.13. The second-order valence-corrected chi connectivity index (χ2v) is 6.89. The Morgan fingerprint density at radius 1 is 0.958 bits per heavy atom. The Labute approximate surface area is 143 Å². The molecule has 2 saturated heterocycles. The summed E-state index contributed by atoms with van der Waals surface area (Å²) in [5, 5.41) is 0. The van der Waals surface area contributed by atoms with Gasteiger partial charge in [-0.3, -0.25) is 9.69 Å². The summed E-state index contributed by atoms with van der Waals surface area (Å²) in [6, 6.07) is 19.9. The van der Waals surface area contributed by atoms with Gasteiger partial charge in [0.1, 0.15) is 12.0 Å². The highest BCUT2D eigenvalue weighted by Crippen LogP contribution is 2.32. The molecule has 2 aliphatic heterocycles. The van der Waals surface area contributed by atoms with Crippen molar-refractivity contribution in [1.29, 1.82) is 0 Å². The molecule has 2 aromatic rings. The number of hydrogen-bond acceptors (Lipinski definition) is 3. The van der Waals surface area contributed by atoms with Crippen LogP contribution < -0.4 is 0 Å². The molecule has 124 valence electrons. The zero-order valence-electron chi connectivity index (χ0n) is 13.8. The summed E-state index contributed by atoms with van der Waals surface area (Å²) in [6.45, 7) is 3.12. The number of carbonyl (C=O) groups is 1. The normalized spacial score (nSPS) is 25.6. The van der Waals surface area contributed by atoms with Crippen LogP contribution in [-0.2, 0) is 9.53 Å². The molecule has 0 aromatic heterocycles. The molecule has 3 atom stereocenters. The summed E-state index contributed by atoms with van der Waals surface area (Å²) in [5.41, 5.74) is 1.99. The molecule has 0 saturated carbocycles. The minimum atomic E-state index is -0.345. The highest BCUT2D eigenvalue weighted by molar-refractivity contribution is 5.82. The molecule has 3 nitrogen and oxygen atoms in total. The van der Waals surface area contributed by atoms with Gasteiger partial charge < -0.3 is 4.74 Å². The van der Waals surface area contributed by atoms with E-state index >= 15 is 0 Å². The Morgan fingerprint density at radius 2 is 1.58 bits per heavy atom. The third-order valence-electron chi connectivity index (χ3n) is 5.27. The maximum Gasteiger partial charge on any atom is 0.318 e. The first-order valence-electron chi connectivity index (χ1n) is 8.84. The summed E-state index contributed by atoms with van der Waals surface area (Å²) in [7, 11) is 0. The van der Waals surface area contributed by atoms with E-state index in [2.05, 4.69) is 4.90 Å². The van der Waals surface area contributed by atoms with E-state index in [1.165, 1.54) is 12.8 Å². The average molecular weight is 321 g/mol. The van der Waals surface area contributed by atoms with Crippen molar-refractivity contribution in [1.82, 2.24) is 4.90 Å². The zero-order chi connectivity index (χ0) is 16.4. The monoisotopic (exact) mass is 321 g/mol. The van der Waals surface area contributed by atoms with E-state index in [0.717, 1.165) is 30.8 Å². The summed E-state index contributed by atoms with van der Waals surface area (Å²) < 4.78 is 6.02. The van der Waals surface area contributed by atoms with Crippen LogP contribution in [0.3, 0.4) is 0 Å². The molecular formula is C21H23NO2. The van der Waals surface area contributed by atoms with Crippen molar-refractivity contribution in [2.75, 3.05) is 19.6 Å². The molecule has 2 aromatic carbocycles. The first kappa shape index (κ1) is 15.4. The fraction of sp³-hybridized carbons (Fsp3) is 0.381. The molecule has 3 unspecified atom stereocenters. The predicted molar refractivity (Wildman–Crippen MR) is 93.8 cm³/mol. The van der Waals surface area contributed by atoms with Crippen LogP contribution in [0.2, 0.25) is 0 Å². The Bertz CT molecular complexity index is 646. The Kier molecular flexibility index (Phi) is 4.35. The standard InChI is InChI=1S/C21H23NO2/c23-21(24-19-15-22-13-7-12-18(19)14-22)20(16-8-3-1-4-9-16)17-10-5-2-6-11-17/h1-6,8-11,18-20H,7,12-15H2. The number of nitrogens with zero attached hydrogens (tertiary/aromatic N) is 1. The third-order valence-corrected chi connectivity index (χ3v) is 5.27. The fourth-order valence-corrected chi connectivity index (χ4v) is 4.07. The molecule has 0 amide bonds. The quantitative estimate of drug-likeness (QED) is 0.808. The van der Waals surface area contributed by atoms with E-state index in [4.69, 9.17) is 4.74 Å². The van der Waals surface area contributed by atoms with Gasteiger partial charge in [-0.15, -0.1) is 0 Å². The van der Waals surface area contributed by atoms with Gasteiger partial charge in [0, 0.05) is 19.0 Å². The maximum absolute atomic E-state index is 13.0. The molecule has 2 aliphatic rings. The lowest BCUT2D eigenvalue weighted by molar-refractivity contribution is -0.150. The van der Waals surface area contributed by atoms with Gasteiger partial charge in [-0.05, 0) is 30.5 Å². The molecule has 0 N–H and O–H groups in total. The molecule has 24 heavy (non-hydrogen) atoms. The van der Waals surface area contributed by atoms with Gasteiger partial charge >= 0.3 is 5.97 Å². The van der Waals surface area contributed by atoms with Gasteiger partial charge in [0.05, 0.1) is 0 Å². The first-order valence-corrected chi connectivity index (χ1v) is 8.84. The largest absolute Gasteiger partial charge is 0.460 e. The number of rotatable bonds is 4. The molecule has 0 aliphatic carbocycles. The second-order valence-electron chi connectivity index (χ2n) is 6.89. The van der Waals surface area contributed by atoms with E-state index in [0.29, 0.717) is 5.92 Å². The molecule has 2 fully saturated rings. The number of piperidine rings is 1. The summed E-state index contributed by atoms with van der Waals surface area (Å²) >= 11 is 0. The van der Waals surface area contributed by atoms with Crippen LogP contribution in [0.5, 0.6) is 0 Å². The molecule has 3 heteroatoms. The zero-order valence-corrected chi connectivity index (χ0v) is 13.8. The highest BCUT2D eigenvalue weighted by atomic mass is 16.5. The second kappa shape index (κ2) is 6.78. The number of benzene rings is 2. The van der Waals surface area contributed by atoms with Gasteiger partial charge in [0.25, 0.3) is 0 Å². The van der Waals surface area contributed by atoms with Crippen LogP contribution >= 0.6 is 0 Å². The lowest BCUT2D eigenvalue weighted by atomic mass is 9.91. The average Bonchev–Trinajstić information content (AvgIpc) is 2.90. The van der Waals surface area contributed by atoms with Crippen molar-refractivity contribution in [3.63, 3.8) is 0 Å². The van der Waals surface area contributed by atoms with Gasteiger partial charge in [-0.2, -0.15) is 0 Å². The van der Waals surface area contributed by atoms with E-state index in [1.807, 2.05) is 60.7 Å². The van der Waals surface area contributed by atoms with Crippen LogP contribution in [-0.4, -0.2) is 36.6 Å². The van der Waals surface area contributed by atoms with Gasteiger partial charge in [-0.25, -0.2) is 0 Å². The van der Waals surface area contributed by atoms with Crippen molar-refractivity contribution in [3.05, 3.63) is 71.8 Å². The van der Waals surface area contributed by atoms with Crippen LogP contribution in [0.1, 0.15) is 29.9 Å². The summed E-state index contributed by atoms with van der Waals surface area (Å²) in [4.78, 5) is 15.5. The van der Waals surface area contributed by atoms with Crippen LogP contribution in [0.15, 0.2) is 60.7 Å². The van der Waals surface area contributed by atoms with Crippen molar-refractivity contribution in [3.8, 4) is 0 Å². The predicted octanol–water partition coefficient (Wildman–Crippen LogP) is 3.46. The lowest BCUT2D eigenvalue weighted by Crippen LogP contribution is -2.29. The summed E-state index contributed by atoms with van der Waals surface area (Å²) in [6.07, 6.45) is 2.45. The van der Waals surface area contributed by atoms with Gasteiger partial charge in [0.15, 0.2) is 0 Å². The van der Waals surface area contributed by atoms with Crippen molar-refractivity contribution in [2.45, 2.75) is 24.9 Å². The van der Waals surface area contributed by atoms with Crippen LogP contribution in [0, 0.1) is 5.92 Å². The first-order chi connectivity index (χ1) is 11.8. The van der Waals surface area contributed by atoms with Crippen LogP contribution in [0.4, 0.5) is 0 Å². The molecule has 2 heterocycles. The minimum absolute atomic E-state index is 0.0509. The fourth-order valence-electron chi connectivity index (χ4n) is 4.07. The van der Waals surface area contributed by atoms with Crippen molar-refractivity contribution < 1.29 is 9.53 Å². The Morgan fingerprint density at radius 3 is 2.17 bits per heavy atom. The van der Waals surface area contributed by atoms with E-state index in [-0.39, 0.29) is 18.0 Å². The number of carbonyl (C=O) groups excluding carboxylic acids is 1. The van der Waals surface area contributed by atoms with E-state index in [9.17, 15) is 4.79 Å². The Balaban J connectivity index is 1.58. The number of hydrogen-bond donors (Lipinski definition) is 0. The molecule has 0 spiro atoms. The smallest absolute Gasteiger partial charge is 0.318 e. The number of ether oxygens (including phenoxy) is 1. The summed E-state index contributed by atoms with van der Waals surface area (Å²) in [5.74, 6) is 0.0453. The highest BCUT2D eigenvalue weighted by Gasteiger charge is 2.39. The molecular weight excluding hydrogens is 298 g/mol. The number of esters is 1. The van der Waals surface area contributed by atoms with Crippen LogP contribution in [0.25, 0.3) is 0 Å². The van der Waals surface area contributed by atoms with E-state index < -0.39 is 0 Å². The molecule has 0 radical (unpaired) electrons. The van der Waals surface area contributed by atoms with Gasteiger partial charge in [-0.1, -0.05) is 60.7 Å². The third kappa shape index (κ3) is 3.09. The maximum atomic E-state index is 13.0. The lowest BCUT2D eigenvalue weighted by Gasteiger charge is -2.23. The van der Waals surface area contributed by atoms with Crippen molar-refractivity contribution >= 4 is 5.97 Å². The number of fused-ring (bicyclic) bond motifs is 2. The van der Waals surface area contributed by atoms with Gasteiger partial charge in [0.2, 0.25) is 0 Å². The SMILES string of the molecule is O=C(OC1CN2CCCC1C2)C(c1ccccc1)c1ccccc1. The van der Waals surface area contributed by atoms with E-state index in [1.54, 1.807) is 0 Å².